The highest BCUT2D eigenvalue weighted by Crippen LogP contribution is 2.24. The zero-order valence-corrected chi connectivity index (χ0v) is 14.4. The molecule has 1 aliphatic heterocycles. The van der Waals surface area contributed by atoms with Gasteiger partial charge in [0, 0.05) is 24.3 Å². The lowest BCUT2D eigenvalue weighted by molar-refractivity contribution is -0.118. The highest BCUT2D eigenvalue weighted by Gasteiger charge is 2.21. The first-order chi connectivity index (χ1) is 13.0. The van der Waals surface area contributed by atoms with Crippen LogP contribution in [0.15, 0.2) is 48.5 Å². The van der Waals surface area contributed by atoms with E-state index in [1.54, 1.807) is 29.2 Å². The van der Waals surface area contributed by atoms with E-state index in [-0.39, 0.29) is 18.3 Å². The van der Waals surface area contributed by atoms with Crippen LogP contribution in [0.2, 0.25) is 0 Å². The lowest BCUT2D eigenvalue weighted by Gasteiger charge is -2.16. The Morgan fingerprint density at radius 1 is 1.07 bits per heavy atom. The molecular formula is C19H18F2N2O4. The summed E-state index contributed by atoms with van der Waals surface area (Å²) in [7, 11) is 0. The number of hydrogen-bond acceptors (Lipinski definition) is 4. The lowest BCUT2D eigenvalue weighted by Crippen LogP contribution is -2.23. The molecule has 0 unspecified atom stereocenters. The van der Waals surface area contributed by atoms with E-state index in [1.165, 1.54) is 24.3 Å². The van der Waals surface area contributed by atoms with Crippen molar-refractivity contribution in [2.45, 2.75) is 19.5 Å². The second-order valence-electron chi connectivity index (χ2n) is 5.88. The Labute approximate surface area is 154 Å². The maximum absolute atomic E-state index is 12.1. The number of ether oxygens (including phenoxy) is 2. The van der Waals surface area contributed by atoms with Gasteiger partial charge in [0.25, 0.3) is 5.91 Å². The van der Waals surface area contributed by atoms with Crippen LogP contribution < -0.4 is 19.7 Å². The molecule has 8 heteroatoms. The van der Waals surface area contributed by atoms with E-state index in [4.69, 9.17) is 4.74 Å². The third-order valence-corrected chi connectivity index (χ3v) is 3.95. The van der Waals surface area contributed by atoms with Crippen LogP contribution in [-0.2, 0) is 9.59 Å². The van der Waals surface area contributed by atoms with Crippen LogP contribution in [0.4, 0.5) is 20.2 Å². The van der Waals surface area contributed by atoms with E-state index < -0.39 is 12.5 Å². The molecule has 0 bridgehead atoms. The molecule has 2 aromatic rings. The van der Waals surface area contributed by atoms with E-state index in [1.807, 2.05) is 0 Å². The fourth-order valence-corrected chi connectivity index (χ4v) is 2.71. The summed E-state index contributed by atoms with van der Waals surface area (Å²) in [5.74, 6) is 0.224. The number of nitrogens with zero attached hydrogens (tertiary/aromatic N) is 1. The van der Waals surface area contributed by atoms with E-state index in [9.17, 15) is 18.4 Å². The van der Waals surface area contributed by atoms with Crippen LogP contribution >= 0.6 is 0 Å². The van der Waals surface area contributed by atoms with Crippen LogP contribution in [0.1, 0.15) is 12.8 Å². The number of alkyl halides is 2. The molecule has 0 saturated carbocycles. The normalized spacial score (nSPS) is 13.7. The molecular weight excluding hydrogens is 358 g/mol. The molecule has 1 N–H and O–H groups in total. The van der Waals surface area contributed by atoms with Crippen molar-refractivity contribution in [1.82, 2.24) is 0 Å². The number of anilines is 2. The number of amides is 2. The first-order valence-electron chi connectivity index (χ1n) is 8.39. The molecule has 0 aromatic heterocycles. The van der Waals surface area contributed by atoms with Crippen LogP contribution in [0.25, 0.3) is 0 Å². The fourth-order valence-electron chi connectivity index (χ4n) is 2.71. The van der Waals surface area contributed by atoms with Gasteiger partial charge in [0.2, 0.25) is 5.91 Å². The van der Waals surface area contributed by atoms with E-state index in [2.05, 4.69) is 10.1 Å². The Hall–Kier alpha value is -3.16. The minimum atomic E-state index is -2.89. The third-order valence-electron chi connectivity index (χ3n) is 3.95. The number of carbonyl (C=O) groups is 2. The quantitative estimate of drug-likeness (QED) is 0.804. The van der Waals surface area contributed by atoms with Gasteiger partial charge < -0.3 is 19.7 Å². The average Bonchev–Trinajstić information content (AvgIpc) is 3.08. The molecule has 1 heterocycles. The molecule has 1 aliphatic rings. The maximum atomic E-state index is 12.1. The number of benzene rings is 2. The standard InChI is InChI=1S/C19H18F2N2O4/c20-19(21)27-16-7-3-13(4-8-16)22-17(24)12-26-15-9-5-14(6-10-15)23-11-1-2-18(23)25/h3-10,19H,1-2,11-12H2,(H,22,24). The van der Waals surface area contributed by atoms with Gasteiger partial charge in [0.1, 0.15) is 11.5 Å². The Morgan fingerprint density at radius 3 is 2.33 bits per heavy atom. The summed E-state index contributed by atoms with van der Waals surface area (Å²) >= 11 is 0. The Kier molecular flexibility index (Phi) is 5.85. The van der Waals surface area contributed by atoms with Gasteiger partial charge in [-0.2, -0.15) is 8.78 Å². The van der Waals surface area contributed by atoms with Gasteiger partial charge in [0.05, 0.1) is 0 Å². The van der Waals surface area contributed by atoms with Gasteiger partial charge in [-0.05, 0) is 55.0 Å². The van der Waals surface area contributed by atoms with Gasteiger partial charge in [0.15, 0.2) is 6.61 Å². The van der Waals surface area contributed by atoms with Gasteiger partial charge in [-0.1, -0.05) is 0 Å². The summed E-state index contributed by atoms with van der Waals surface area (Å²) in [5, 5.41) is 2.59. The number of nitrogens with one attached hydrogen (secondary N) is 1. The topological polar surface area (TPSA) is 67.9 Å². The van der Waals surface area contributed by atoms with Crippen molar-refractivity contribution < 1.29 is 27.8 Å². The van der Waals surface area contributed by atoms with Crippen molar-refractivity contribution in [2.24, 2.45) is 0 Å². The number of halogens is 2. The molecule has 0 spiro atoms. The first-order valence-corrected chi connectivity index (χ1v) is 8.39. The molecule has 0 atom stereocenters. The van der Waals surface area contributed by atoms with Gasteiger partial charge in [-0.15, -0.1) is 0 Å². The Morgan fingerprint density at radius 2 is 1.74 bits per heavy atom. The summed E-state index contributed by atoms with van der Waals surface area (Å²) < 4.78 is 33.9. The van der Waals surface area contributed by atoms with E-state index in [0.717, 1.165) is 12.1 Å². The van der Waals surface area contributed by atoms with Crippen LogP contribution in [0, 0.1) is 0 Å². The van der Waals surface area contributed by atoms with E-state index >= 15 is 0 Å². The summed E-state index contributed by atoms with van der Waals surface area (Å²) in [6.45, 7) is -2.39. The average molecular weight is 376 g/mol. The minimum Gasteiger partial charge on any atom is -0.484 e. The van der Waals surface area contributed by atoms with Gasteiger partial charge in [-0.25, -0.2) is 0 Å². The molecule has 27 heavy (non-hydrogen) atoms. The molecule has 0 radical (unpaired) electrons. The molecule has 1 fully saturated rings. The highest BCUT2D eigenvalue weighted by molar-refractivity contribution is 5.95. The fraction of sp³-hybridized carbons (Fsp3) is 0.263. The SMILES string of the molecule is O=C(COc1ccc(N2CCCC2=O)cc1)Nc1ccc(OC(F)F)cc1. The number of carbonyl (C=O) groups excluding carboxylic acids is 2. The number of hydrogen-bond donors (Lipinski definition) is 1. The molecule has 142 valence electrons. The summed E-state index contributed by atoms with van der Waals surface area (Å²) in [6, 6.07) is 12.5. The molecule has 6 nitrogen and oxygen atoms in total. The minimum absolute atomic E-state index is 0.0100. The molecule has 2 amide bonds. The van der Waals surface area contributed by atoms with Gasteiger partial charge in [-0.3, -0.25) is 9.59 Å². The number of rotatable bonds is 7. The second kappa shape index (κ2) is 8.48. The predicted octanol–water partition coefficient (Wildman–Crippen LogP) is 3.43. The van der Waals surface area contributed by atoms with Crippen molar-refractivity contribution >= 4 is 23.2 Å². The summed E-state index contributed by atoms with van der Waals surface area (Å²) in [5.41, 5.74) is 1.24. The zero-order valence-electron chi connectivity index (χ0n) is 14.4. The van der Waals surface area contributed by atoms with Crippen molar-refractivity contribution in [3.63, 3.8) is 0 Å². The smallest absolute Gasteiger partial charge is 0.387 e. The monoisotopic (exact) mass is 376 g/mol. The molecule has 3 rings (SSSR count). The Balaban J connectivity index is 1.48. The maximum Gasteiger partial charge on any atom is 0.387 e. The van der Waals surface area contributed by atoms with Crippen LogP contribution in [-0.4, -0.2) is 31.6 Å². The third kappa shape index (κ3) is 5.16. The largest absolute Gasteiger partial charge is 0.484 e. The second-order valence-corrected chi connectivity index (χ2v) is 5.88. The van der Waals surface area contributed by atoms with E-state index in [0.29, 0.717) is 24.4 Å². The van der Waals surface area contributed by atoms with Crippen LogP contribution in [0.5, 0.6) is 11.5 Å². The summed E-state index contributed by atoms with van der Waals surface area (Å²) in [4.78, 5) is 25.4. The van der Waals surface area contributed by atoms with Crippen molar-refractivity contribution in [3.8, 4) is 11.5 Å². The summed E-state index contributed by atoms with van der Waals surface area (Å²) in [6.07, 6.45) is 1.42. The Bertz CT molecular complexity index is 794. The first kappa shape index (κ1) is 18.6. The molecule has 0 aliphatic carbocycles. The lowest BCUT2D eigenvalue weighted by atomic mass is 10.3. The van der Waals surface area contributed by atoms with Crippen molar-refractivity contribution in [1.29, 1.82) is 0 Å². The molecule has 2 aromatic carbocycles. The van der Waals surface area contributed by atoms with Crippen molar-refractivity contribution in [3.05, 3.63) is 48.5 Å². The molecule has 1 saturated heterocycles. The predicted molar refractivity (Wildman–Crippen MR) is 95.2 cm³/mol. The van der Waals surface area contributed by atoms with Crippen LogP contribution in [0.3, 0.4) is 0 Å². The van der Waals surface area contributed by atoms with Gasteiger partial charge >= 0.3 is 6.61 Å². The highest BCUT2D eigenvalue weighted by atomic mass is 19.3. The van der Waals surface area contributed by atoms with Crippen molar-refractivity contribution in [2.75, 3.05) is 23.4 Å². The zero-order chi connectivity index (χ0) is 19.2.